The third kappa shape index (κ3) is 3.26. The summed E-state index contributed by atoms with van der Waals surface area (Å²) in [7, 11) is 0. The summed E-state index contributed by atoms with van der Waals surface area (Å²) in [5.74, 6) is 1.04. The van der Waals surface area contributed by atoms with Crippen LogP contribution in [0.5, 0.6) is 17.2 Å². The zero-order valence-corrected chi connectivity index (χ0v) is 19.3. The Morgan fingerprint density at radius 1 is 1.09 bits per heavy atom. The van der Waals surface area contributed by atoms with Crippen molar-refractivity contribution in [2.45, 2.75) is 37.8 Å². The lowest BCUT2D eigenvalue weighted by Gasteiger charge is -2.23. The van der Waals surface area contributed by atoms with Crippen LogP contribution in [0.3, 0.4) is 0 Å². The zero-order chi connectivity index (χ0) is 24.2. The third-order valence-electron chi connectivity index (χ3n) is 7.15. The summed E-state index contributed by atoms with van der Waals surface area (Å²) < 4.78 is 17.4. The smallest absolute Gasteiger partial charge is 0.344 e. The van der Waals surface area contributed by atoms with Crippen molar-refractivity contribution in [3.63, 3.8) is 0 Å². The average Bonchev–Trinajstić information content (AvgIpc) is 3.54. The molecule has 0 aliphatic carbocycles. The summed E-state index contributed by atoms with van der Waals surface area (Å²) in [6.07, 6.45) is 0.312. The van der Waals surface area contributed by atoms with Gasteiger partial charge < -0.3 is 24.2 Å². The number of para-hydroxylation sites is 1. The summed E-state index contributed by atoms with van der Waals surface area (Å²) in [5.41, 5.74) is 3.90. The highest BCUT2D eigenvalue weighted by Crippen LogP contribution is 2.54. The molecule has 1 N–H and O–H groups in total. The molecule has 3 heterocycles. The number of aliphatic carboxylic acids is 1. The molecule has 0 aromatic heterocycles. The molecule has 1 spiro atoms. The lowest BCUT2D eigenvalue weighted by atomic mass is 9.76. The second kappa shape index (κ2) is 8.05. The fourth-order valence-electron chi connectivity index (χ4n) is 5.33. The minimum atomic E-state index is -0.989. The van der Waals surface area contributed by atoms with Crippen molar-refractivity contribution in [3.8, 4) is 17.2 Å². The molecule has 7 nitrogen and oxygen atoms in total. The summed E-state index contributed by atoms with van der Waals surface area (Å²) in [6.45, 7) is 3.06. The Balaban J connectivity index is 1.32. The highest BCUT2D eigenvalue weighted by Gasteiger charge is 2.57. The van der Waals surface area contributed by atoms with Crippen molar-refractivity contribution in [2.75, 3.05) is 18.1 Å². The number of benzene rings is 3. The molecule has 3 aromatic rings. The van der Waals surface area contributed by atoms with Crippen molar-refractivity contribution < 1.29 is 28.9 Å². The van der Waals surface area contributed by atoms with Gasteiger partial charge in [-0.1, -0.05) is 37.3 Å². The first kappa shape index (κ1) is 21.5. The van der Waals surface area contributed by atoms with Crippen LogP contribution in [0, 0.1) is 0 Å². The number of anilines is 1. The van der Waals surface area contributed by atoms with E-state index in [1.165, 1.54) is 0 Å². The number of carbonyl (C=O) groups is 2. The van der Waals surface area contributed by atoms with Crippen LogP contribution in [0.2, 0.25) is 0 Å². The van der Waals surface area contributed by atoms with Crippen LogP contribution in [0.15, 0.2) is 60.7 Å². The molecule has 178 valence electrons. The number of fused-ring (bicyclic) bond motifs is 5. The fraction of sp³-hybridized carbons (Fsp3) is 0.286. The lowest BCUT2D eigenvalue weighted by molar-refractivity contribution is -0.145. The van der Waals surface area contributed by atoms with Crippen molar-refractivity contribution in [2.24, 2.45) is 0 Å². The van der Waals surface area contributed by atoms with Gasteiger partial charge in [0.2, 0.25) is 5.91 Å². The van der Waals surface area contributed by atoms with Crippen LogP contribution in [0.25, 0.3) is 0 Å². The van der Waals surface area contributed by atoms with Crippen LogP contribution in [-0.2, 0) is 28.0 Å². The molecule has 0 saturated heterocycles. The molecule has 3 aliphatic rings. The van der Waals surface area contributed by atoms with Gasteiger partial charge in [-0.2, -0.15) is 0 Å². The minimum Gasteiger partial charge on any atom is -0.493 e. The number of rotatable bonds is 6. The Labute approximate surface area is 202 Å². The number of amides is 1. The van der Waals surface area contributed by atoms with Gasteiger partial charge in [0.25, 0.3) is 0 Å². The summed E-state index contributed by atoms with van der Waals surface area (Å²) >= 11 is 0. The maximum atomic E-state index is 14.1. The molecule has 3 aliphatic heterocycles. The maximum Gasteiger partial charge on any atom is 0.344 e. The molecule has 0 bridgehead atoms. The van der Waals surface area contributed by atoms with Crippen LogP contribution >= 0.6 is 0 Å². The van der Waals surface area contributed by atoms with Crippen LogP contribution in [0.1, 0.15) is 35.6 Å². The van der Waals surface area contributed by atoms with Crippen molar-refractivity contribution in [1.29, 1.82) is 0 Å². The van der Waals surface area contributed by atoms with Crippen molar-refractivity contribution in [3.05, 3.63) is 82.9 Å². The standard InChI is InChI=1S/C28H25NO6/c1-2-23(26(30)31)35-19-9-7-17(8-10-19)15-29-22-6-4-3-5-20(22)28(27(29)32)16-34-25-14-24-18(11-12-33-24)13-21(25)28/h3-10,13-14,23H,2,11-12,15-16H2,1H3,(H,30,31). The van der Waals surface area contributed by atoms with Crippen molar-refractivity contribution in [1.82, 2.24) is 0 Å². The first-order chi connectivity index (χ1) is 17.0. The monoisotopic (exact) mass is 471 g/mol. The molecule has 0 saturated carbocycles. The van der Waals surface area contributed by atoms with Gasteiger partial charge >= 0.3 is 5.97 Å². The zero-order valence-electron chi connectivity index (χ0n) is 19.3. The van der Waals surface area contributed by atoms with E-state index >= 15 is 0 Å². The molecule has 0 fully saturated rings. The highest BCUT2D eigenvalue weighted by atomic mass is 16.5. The largest absolute Gasteiger partial charge is 0.493 e. The number of carboxylic acid groups (broad SMARTS) is 1. The SMILES string of the molecule is CCC(Oc1ccc(CN2C(=O)C3(COc4cc5c(cc43)CCO5)c3ccccc32)cc1)C(=O)O. The maximum absolute atomic E-state index is 14.1. The number of hydrogen-bond acceptors (Lipinski definition) is 5. The van der Waals surface area contributed by atoms with E-state index in [1.807, 2.05) is 47.4 Å². The van der Waals surface area contributed by atoms with Gasteiger partial charge in [0.05, 0.1) is 13.2 Å². The molecule has 2 unspecified atom stereocenters. The van der Waals surface area contributed by atoms with Crippen LogP contribution < -0.4 is 19.1 Å². The summed E-state index contributed by atoms with van der Waals surface area (Å²) in [4.78, 5) is 27.2. The number of ether oxygens (including phenoxy) is 3. The number of nitrogens with zero attached hydrogens (tertiary/aromatic N) is 1. The molecule has 35 heavy (non-hydrogen) atoms. The van der Waals surface area contributed by atoms with Gasteiger partial charge in [-0.25, -0.2) is 4.79 Å². The Kier molecular flexibility index (Phi) is 4.95. The van der Waals surface area contributed by atoms with Gasteiger partial charge in [-0.05, 0) is 47.4 Å². The van der Waals surface area contributed by atoms with E-state index < -0.39 is 17.5 Å². The molecule has 6 rings (SSSR count). The first-order valence-electron chi connectivity index (χ1n) is 11.8. The Bertz CT molecular complexity index is 1330. The molecule has 3 aromatic carbocycles. The van der Waals surface area contributed by atoms with Gasteiger partial charge in [-0.3, -0.25) is 4.79 Å². The van der Waals surface area contributed by atoms with E-state index in [1.54, 1.807) is 19.1 Å². The molecule has 2 atom stereocenters. The third-order valence-corrected chi connectivity index (χ3v) is 7.15. The molecule has 1 amide bonds. The van der Waals surface area contributed by atoms with Gasteiger partial charge in [0, 0.05) is 23.7 Å². The van der Waals surface area contributed by atoms with Gasteiger partial charge in [-0.15, -0.1) is 0 Å². The number of carbonyl (C=O) groups excluding carboxylic acids is 1. The van der Waals surface area contributed by atoms with E-state index in [0.29, 0.717) is 31.1 Å². The van der Waals surface area contributed by atoms with E-state index in [9.17, 15) is 14.7 Å². The lowest BCUT2D eigenvalue weighted by Crippen LogP contribution is -2.42. The predicted molar refractivity (Wildman–Crippen MR) is 128 cm³/mol. The molecule has 7 heteroatoms. The second-order valence-corrected chi connectivity index (χ2v) is 9.15. The van der Waals surface area contributed by atoms with Gasteiger partial charge in [0.15, 0.2) is 6.10 Å². The molecular weight excluding hydrogens is 446 g/mol. The van der Waals surface area contributed by atoms with Crippen molar-refractivity contribution >= 4 is 17.6 Å². The predicted octanol–water partition coefficient (Wildman–Crippen LogP) is 4.09. The Morgan fingerprint density at radius 2 is 1.89 bits per heavy atom. The Hall–Kier alpha value is -4.00. The highest BCUT2D eigenvalue weighted by molar-refractivity contribution is 6.11. The second-order valence-electron chi connectivity index (χ2n) is 9.15. The summed E-state index contributed by atoms with van der Waals surface area (Å²) in [5, 5.41) is 9.24. The van der Waals surface area contributed by atoms with E-state index in [4.69, 9.17) is 14.2 Å². The minimum absolute atomic E-state index is 0.00596. The van der Waals surface area contributed by atoms with Crippen LogP contribution in [0.4, 0.5) is 5.69 Å². The first-order valence-corrected chi connectivity index (χ1v) is 11.8. The van der Waals surface area contributed by atoms with Gasteiger partial charge in [0.1, 0.15) is 29.3 Å². The molecular formula is C28H25NO6. The van der Waals surface area contributed by atoms with E-state index in [-0.39, 0.29) is 12.5 Å². The topological polar surface area (TPSA) is 85.3 Å². The normalized spacial score (nSPS) is 20.1. The number of carboxylic acids is 1. The van der Waals surface area contributed by atoms with E-state index in [2.05, 4.69) is 6.07 Å². The van der Waals surface area contributed by atoms with Crippen LogP contribution in [-0.4, -0.2) is 36.3 Å². The van der Waals surface area contributed by atoms with E-state index in [0.717, 1.165) is 40.1 Å². The Morgan fingerprint density at radius 3 is 2.66 bits per heavy atom. The summed E-state index contributed by atoms with van der Waals surface area (Å²) in [6, 6.07) is 19.1. The molecule has 0 radical (unpaired) electrons. The quantitative estimate of drug-likeness (QED) is 0.583. The fourth-order valence-corrected chi connectivity index (χ4v) is 5.33. The average molecular weight is 472 g/mol. The number of hydrogen-bond donors (Lipinski definition) is 1.